The van der Waals surface area contributed by atoms with Gasteiger partial charge in [0.2, 0.25) is 0 Å². The first-order valence-corrected chi connectivity index (χ1v) is 8.18. The van der Waals surface area contributed by atoms with Crippen molar-refractivity contribution in [2.75, 3.05) is 33.7 Å². The van der Waals surface area contributed by atoms with E-state index < -0.39 is 0 Å². The molecule has 1 unspecified atom stereocenters. The Labute approximate surface area is 119 Å². The third-order valence-electron chi connectivity index (χ3n) is 5.40. The smallest absolute Gasteiger partial charge is 0.0328 e. The van der Waals surface area contributed by atoms with Crippen molar-refractivity contribution < 1.29 is 0 Å². The van der Waals surface area contributed by atoms with Gasteiger partial charge in [0.15, 0.2) is 0 Å². The summed E-state index contributed by atoms with van der Waals surface area (Å²) in [5.74, 6) is 0. The van der Waals surface area contributed by atoms with Gasteiger partial charge in [0.25, 0.3) is 0 Å². The molecule has 1 saturated heterocycles. The molecule has 0 bridgehead atoms. The summed E-state index contributed by atoms with van der Waals surface area (Å²) < 4.78 is 0. The monoisotopic (exact) mass is 267 g/mol. The van der Waals surface area contributed by atoms with E-state index in [4.69, 9.17) is 0 Å². The van der Waals surface area contributed by atoms with Crippen molar-refractivity contribution in [3.63, 3.8) is 0 Å². The standard InChI is InChI=1S/C16H33N3/c1-14(2)19-11-8-15(12-19)17-13-16(18(3)4)9-6-5-7-10-16/h14-15,17H,5-13H2,1-4H3. The molecule has 2 rings (SSSR count). The molecule has 0 spiro atoms. The predicted molar refractivity (Wildman–Crippen MR) is 82.6 cm³/mol. The second-order valence-corrected chi connectivity index (χ2v) is 7.13. The van der Waals surface area contributed by atoms with Crippen LogP contribution in [0.15, 0.2) is 0 Å². The number of likely N-dealkylation sites (N-methyl/N-ethyl adjacent to an activating group) is 1. The second kappa shape index (κ2) is 6.55. The fourth-order valence-corrected chi connectivity index (χ4v) is 3.75. The molecule has 2 aliphatic rings. The molecule has 0 aromatic carbocycles. The zero-order chi connectivity index (χ0) is 13.9. The van der Waals surface area contributed by atoms with Crippen LogP contribution in [-0.2, 0) is 0 Å². The van der Waals surface area contributed by atoms with E-state index in [1.807, 2.05) is 0 Å². The van der Waals surface area contributed by atoms with Gasteiger partial charge in [0.1, 0.15) is 0 Å². The highest BCUT2D eigenvalue weighted by Gasteiger charge is 2.35. The Hall–Kier alpha value is -0.120. The summed E-state index contributed by atoms with van der Waals surface area (Å²) in [6, 6.07) is 1.41. The van der Waals surface area contributed by atoms with E-state index in [0.717, 1.165) is 0 Å². The van der Waals surface area contributed by atoms with Gasteiger partial charge in [0.05, 0.1) is 0 Å². The molecular formula is C16H33N3. The number of rotatable bonds is 5. The van der Waals surface area contributed by atoms with Crippen LogP contribution in [0.3, 0.4) is 0 Å². The van der Waals surface area contributed by atoms with Crippen molar-refractivity contribution in [2.45, 2.75) is 70.0 Å². The van der Waals surface area contributed by atoms with E-state index in [1.54, 1.807) is 0 Å². The normalized spacial score (nSPS) is 28.4. The molecule has 19 heavy (non-hydrogen) atoms. The molecule has 0 aromatic rings. The van der Waals surface area contributed by atoms with Crippen molar-refractivity contribution >= 4 is 0 Å². The van der Waals surface area contributed by atoms with E-state index in [1.165, 1.54) is 58.2 Å². The van der Waals surface area contributed by atoms with Crippen LogP contribution in [0.2, 0.25) is 0 Å². The fraction of sp³-hybridized carbons (Fsp3) is 1.00. The van der Waals surface area contributed by atoms with E-state index in [-0.39, 0.29) is 0 Å². The molecule has 112 valence electrons. The minimum atomic E-state index is 0.420. The first kappa shape index (κ1) is 15.3. The molecule has 3 heteroatoms. The third-order valence-corrected chi connectivity index (χ3v) is 5.40. The minimum Gasteiger partial charge on any atom is -0.311 e. The number of likely N-dealkylation sites (tertiary alicyclic amines) is 1. The van der Waals surface area contributed by atoms with Gasteiger partial charge in [-0.15, -0.1) is 0 Å². The highest BCUT2D eigenvalue weighted by molar-refractivity contribution is 4.94. The summed E-state index contributed by atoms with van der Waals surface area (Å²) in [7, 11) is 4.53. The highest BCUT2D eigenvalue weighted by atomic mass is 15.2. The lowest BCUT2D eigenvalue weighted by Gasteiger charge is -2.44. The molecule has 3 nitrogen and oxygen atoms in total. The van der Waals surface area contributed by atoms with Crippen LogP contribution < -0.4 is 5.32 Å². The van der Waals surface area contributed by atoms with E-state index in [2.05, 4.69) is 43.1 Å². The van der Waals surface area contributed by atoms with Crippen LogP contribution in [0.4, 0.5) is 0 Å². The maximum absolute atomic E-state index is 3.88. The number of hydrogen-bond acceptors (Lipinski definition) is 3. The number of nitrogens with one attached hydrogen (secondary N) is 1. The Bertz CT molecular complexity index is 269. The summed E-state index contributed by atoms with van der Waals surface area (Å²) >= 11 is 0. The average Bonchev–Trinajstić information content (AvgIpc) is 2.86. The Kier molecular flexibility index (Phi) is 5.27. The van der Waals surface area contributed by atoms with Gasteiger partial charge >= 0.3 is 0 Å². The van der Waals surface area contributed by atoms with Crippen molar-refractivity contribution in [3.05, 3.63) is 0 Å². The van der Waals surface area contributed by atoms with E-state index >= 15 is 0 Å². The number of hydrogen-bond donors (Lipinski definition) is 1. The quantitative estimate of drug-likeness (QED) is 0.825. The first-order valence-electron chi connectivity index (χ1n) is 8.18. The molecule has 0 amide bonds. The van der Waals surface area contributed by atoms with Gasteiger partial charge in [0, 0.05) is 30.7 Å². The van der Waals surface area contributed by atoms with Crippen LogP contribution in [-0.4, -0.2) is 61.2 Å². The van der Waals surface area contributed by atoms with Gasteiger partial charge in [-0.1, -0.05) is 19.3 Å². The summed E-state index contributed by atoms with van der Waals surface area (Å²) in [4.78, 5) is 5.08. The molecule has 1 heterocycles. The highest BCUT2D eigenvalue weighted by Crippen LogP contribution is 2.31. The van der Waals surface area contributed by atoms with Crippen molar-refractivity contribution in [1.82, 2.24) is 15.1 Å². The molecule has 1 aliphatic carbocycles. The Morgan fingerprint density at radius 1 is 1.21 bits per heavy atom. The molecule has 1 saturated carbocycles. The maximum Gasteiger partial charge on any atom is 0.0328 e. The topological polar surface area (TPSA) is 18.5 Å². The molecule has 1 aliphatic heterocycles. The van der Waals surface area contributed by atoms with E-state index in [0.29, 0.717) is 17.6 Å². The molecule has 0 radical (unpaired) electrons. The largest absolute Gasteiger partial charge is 0.311 e. The molecule has 0 aromatic heterocycles. The van der Waals surface area contributed by atoms with Crippen molar-refractivity contribution in [3.8, 4) is 0 Å². The number of nitrogens with zero attached hydrogens (tertiary/aromatic N) is 2. The predicted octanol–water partition coefficient (Wildman–Crippen LogP) is 2.32. The van der Waals surface area contributed by atoms with Crippen LogP contribution in [0.5, 0.6) is 0 Å². The van der Waals surface area contributed by atoms with Crippen LogP contribution in [0.1, 0.15) is 52.4 Å². The molecule has 2 fully saturated rings. The maximum atomic E-state index is 3.88. The zero-order valence-corrected chi connectivity index (χ0v) is 13.4. The summed E-state index contributed by atoms with van der Waals surface area (Å²) in [6.07, 6.45) is 8.30. The summed E-state index contributed by atoms with van der Waals surface area (Å²) in [5.41, 5.74) is 0.420. The third kappa shape index (κ3) is 3.71. The van der Waals surface area contributed by atoms with Gasteiger partial charge in [-0.25, -0.2) is 0 Å². The molecule has 1 N–H and O–H groups in total. The Morgan fingerprint density at radius 2 is 1.89 bits per heavy atom. The Morgan fingerprint density at radius 3 is 2.42 bits per heavy atom. The zero-order valence-electron chi connectivity index (χ0n) is 13.4. The lowest BCUT2D eigenvalue weighted by atomic mass is 9.80. The van der Waals surface area contributed by atoms with Crippen molar-refractivity contribution in [1.29, 1.82) is 0 Å². The molecular weight excluding hydrogens is 234 g/mol. The fourth-order valence-electron chi connectivity index (χ4n) is 3.75. The lowest BCUT2D eigenvalue weighted by Crippen LogP contribution is -2.54. The van der Waals surface area contributed by atoms with E-state index in [9.17, 15) is 0 Å². The second-order valence-electron chi connectivity index (χ2n) is 7.13. The van der Waals surface area contributed by atoms with Crippen LogP contribution in [0, 0.1) is 0 Å². The van der Waals surface area contributed by atoms with Crippen LogP contribution in [0.25, 0.3) is 0 Å². The molecule has 1 atom stereocenters. The SMILES string of the molecule is CC(C)N1CCC(NCC2(N(C)C)CCCCC2)C1. The minimum absolute atomic E-state index is 0.420. The lowest BCUT2D eigenvalue weighted by molar-refractivity contribution is 0.0951. The average molecular weight is 267 g/mol. The summed E-state index contributed by atoms with van der Waals surface area (Å²) in [6.45, 7) is 8.30. The first-order chi connectivity index (χ1) is 9.03. The summed E-state index contributed by atoms with van der Waals surface area (Å²) in [5, 5.41) is 3.88. The van der Waals surface area contributed by atoms with Gasteiger partial charge in [-0.3, -0.25) is 4.90 Å². The van der Waals surface area contributed by atoms with Gasteiger partial charge in [-0.2, -0.15) is 0 Å². The van der Waals surface area contributed by atoms with Crippen LogP contribution >= 0.6 is 0 Å². The van der Waals surface area contributed by atoms with Gasteiger partial charge < -0.3 is 10.2 Å². The Balaban J connectivity index is 1.83. The van der Waals surface area contributed by atoms with Crippen molar-refractivity contribution in [2.24, 2.45) is 0 Å². The van der Waals surface area contributed by atoms with Gasteiger partial charge in [-0.05, 0) is 53.8 Å².